The highest BCUT2D eigenvalue weighted by Gasteiger charge is 2.49. The first kappa shape index (κ1) is 17.5. The first-order valence-corrected chi connectivity index (χ1v) is 6.57. The van der Waals surface area contributed by atoms with E-state index in [0.717, 1.165) is 19.1 Å². The van der Waals surface area contributed by atoms with Gasteiger partial charge < -0.3 is 9.47 Å². The average Bonchev–Trinajstić information content (AvgIpc) is 2.46. The molecule has 120 valence electrons. The van der Waals surface area contributed by atoms with E-state index in [4.69, 9.17) is 9.47 Å². The van der Waals surface area contributed by atoms with Gasteiger partial charge in [0.25, 0.3) is 5.69 Å². The molecule has 0 fully saturated rings. The van der Waals surface area contributed by atoms with Crippen LogP contribution >= 0.6 is 0 Å². The van der Waals surface area contributed by atoms with Crippen molar-refractivity contribution in [3.63, 3.8) is 0 Å². The Morgan fingerprint density at radius 2 is 1.73 bits per heavy atom. The molecule has 0 atom stereocenters. The molecule has 0 saturated heterocycles. The number of nitro benzene ring substituents is 1. The van der Waals surface area contributed by atoms with E-state index in [2.05, 4.69) is 0 Å². The summed E-state index contributed by atoms with van der Waals surface area (Å²) in [5.41, 5.74) is -3.03. The minimum absolute atomic E-state index is 0.0250. The molecule has 8 heteroatoms. The predicted molar refractivity (Wildman–Crippen MR) is 73.7 cm³/mol. The van der Waals surface area contributed by atoms with E-state index in [-0.39, 0.29) is 18.8 Å². The van der Waals surface area contributed by atoms with Crippen molar-refractivity contribution in [3.8, 4) is 0 Å². The number of benzene rings is 1. The summed E-state index contributed by atoms with van der Waals surface area (Å²) in [5.74, 6) is -2.85. The summed E-state index contributed by atoms with van der Waals surface area (Å²) >= 11 is 0. The lowest BCUT2D eigenvalue weighted by molar-refractivity contribution is -0.386. The van der Waals surface area contributed by atoms with Crippen LogP contribution in [-0.2, 0) is 24.5 Å². The maximum atomic E-state index is 13.3. The fraction of sp³-hybridized carbons (Fsp3) is 0.429. The number of hydrogen-bond acceptors (Lipinski definition) is 6. The van der Waals surface area contributed by atoms with Crippen LogP contribution in [0.2, 0.25) is 0 Å². The molecule has 0 aliphatic heterocycles. The molecule has 0 aliphatic carbocycles. The first-order valence-electron chi connectivity index (χ1n) is 6.57. The van der Waals surface area contributed by atoms with E-state index in [1.807, 2.05) is 0 Å². The van der Waals surface area contributed by atoms with Crippen LogP contribution in [0.25, 0.3) is 0 Å². The van der Waals surface area contributed by atoms with Crippen molar-refractivity contribution in [2.75, 3.05) is 13.2 Å². The third-order valence-corrected chi connectivity index (χ3v) is 3.06. The molecule has 0 amide bonds. The van der Waals surface area contributed by atoms with Gasteiger partial charge in [0.15, 0.2) is 5.41 Å². The van der Waals surface area contributed by atoms with Crippen molar-refractivity contribution in [3.05, 3.63) is 39.7 Å². The van der Waals surface area contributed by atoms with Gasteiger partial charge in [-0.2, -0.15) is 0 Å². The van der Waals surface area contributed by atoms with Crippen LogP contribution in [0.3, 0.4) is 0 Å². The molecule has 0 N–H and O–H groups in total. The van der Waals surface area contributed by atoms with Crippen LogP contribution in [0.1, 0.15) is 26.3 Å². The fourth-order valence-electron chi connectivity index (χ4n) is 1.93. The van der Waals surface area contributed by atoms with Gasteiger partial charge in [-0.25, -0.2) is 4.39 Å². The molecule has 1 rings (SSSR count). The molecule has 0 bridgehead atoms. The summed E-state index contributed by atoms with van der Waals surface area (Å²) in [4.78, 5) is 34.7. The molecule has 0 unspecified atom stereocenters. The summed E-state index contributed by atoms with van der Waals surface area (Å²) in [7, 11) is 0. The SMILES string of the molecule is CCOC(=O)C(C)(C(=O)OCC)c1ccc(F)cc1[N+](=O)[O-]. The summed E-state index contributed by atoms with van der Waals surface area (Å²) in [5, 5.41) is 11.1. The van der Waals surface area contributed by atoms with Crippen LogP contribution in [0.15, 0.2) is 18.2 Å². The summed E-state index contributed by atoms with van der Waals surface area (Å²) in [6.45, 7) is 4.17. The quantitative estimate of drug-likeness (QED) is 0.345. The summed E-state index contributed by atoms with van der Waals surface area (Å²) < 4.78 is 22.9. The maximum absolute atomic E-state index is 13.3. The number of nitrogens with zero attached hydrogens (tertiary/aromatic N) is 1. The maximum Gasteiger partial charge on any atom is 0.328 e. The molecule has 0 aromatic heterocycles. The zero-order valence-electron chi connectivity index (χ0n) is 12.4. The third kappa shape index (κ3) is 3.21. The number of halogens is 1. The molecule has 0 radical (unpaired) electrons. The van der Waals surface area contributed by atoms with Gasteiger partial charge in [-0.1, -0.05) is 0 Å². The second-order valence-corrected chi connectivity index (χ2v) is 4.48. The van der Waals surface area contributed by atoms with Crippen LogP contribution in [0.5, 0.6) is 0 Å². The second kappa shape index (κ2) is 6.97. The number of carbonyl (C=O) groups excluding carboxylic acids is 2. The van der Waals surface area contributed by atoms with Gasteiger partial charge in [-0.3, -0.25) is 19.7 Å². The van der Waals surface area contributed by atoms with Gasteiger partial charge >= 0.3 is 11.9 Å². The van der Waals surface area contributed by atoms with Gasteiger partial charge in [0, 0.05) is 0 Å². The Morgan fingerprint density at radius 1 is 1.23 bits per heavy atom. The Labute approximate surface area is 126 Å². The lowest BCUT2D eigenvalue weighted by Gasteiger charge is -2.25. The van der Waals surface area contributed by atoms with E-state index in [1.54, 1.807) is 0 Å². The van der Waals surface area contributed by atoms with Gasteiger partial charge in [0.2, 0.25) is 0 Å². The molecule has 0 aliphatic rings. The molecular weight excluding hydrogens is 297 g/mol. The standard InChI is InChI=1S/C14H16FNO6/c1-4-21-12(17)14(3,13(18)22-5-2)10-7-6-9(15)8-11(10)16(19)20/h6-8H,4-5H2,1-3H3. The molecule has 0 saturated carbocycles. The smallest absolute Gasteiger partial charge is 0.328 e. The number of ether oxygens (including phenoxy) is 2. The second-order valence-electron chi connectivity index (χ2n) is 4.48. The number of nitro groups is 1. The Kier molecular flexibility index (Phi) is 5.56. The van der Waals surface area contributed by atoms with Crippen LogP contribution in [0, 0.1) is 15.9 Å². The highest BCUT2D eigenvalue weighted by atomic mass is 19.1. The molecular formula is C14H16FNO6. The normalized spacial score (nSPS) is 10.9. The Hall–Kier alpha value is -2.51. The third-order valence-electron chi connectivity index (χ3n) is 3.06. The lowest BCUT2D eigenvalue weighted by atomic mass is 9.81. The van der Waals surface area contributed by atoms with Crippen LogP contribution < -0.4 is 0 Å². The number of esters is 2. The lowest BCUT2D eigenvalue weighted by Crippen LogP contribution is -2.44. The molecule has 0 spiro atoms. The van der Waals surface area contributed by atoms with Crippen molar-refractivity contribution < 1.29 is 28.4 Å². The number of hydrogen-bond donors (Lipinski definition) is 0. The number of rotatable bonds is 6. The van der Waals surface area contributed by atoms with Gasteiger partial charge in [0.05, 0.1) is 29.8 Å². The zero-order chi connectivity index (χ0) is 16.9. The Morgan fingerprint density at radius 3 is 2.14 bits per heavy atom. The molecule has 1 aromatic carbocycles. The zero-order valence-corrected chi connectivity index (χ0v) is 12.4. The highest BCUT2D eigenvalue weighted by Crippen LogP contribution is 2.34. The van der Waals surface area contributed by atoms with Crippen LogP contribution in [0.4, 0.5) is 10.1 Å². The highest BCUT2D eigenvalue weighted by molar-refractivity contribution is 6.06. The topological polar surface area (TPSA) is 95.7 Å². The van der Waals surface area contributed by atoms with Crippen molar-refractivity contribution >= 4 is 17.6 Å². The number of carbonyl (C=O) groups is 2. The Bertz CT molecular complexity index is 583. The van der Waals surface area contributed by atoms with E-state index in [1.165, 1.54) is 13.8 Å². The fourth-order valence-corrected chi connectivity index (χ4v) is 1.93. The molecule has 22 heavy (non-hydrogen) atoms. The van der Waals surface area contributed by atoms with E-state index in [0.29, 0.717) is 6.07 Å². The Balaban J connectivity index is 3.55. The monoisotopic (exact) mass is 313 g/mol. The van der Waals surface area contributed by atoms with E-state index >= 15 is 0 Å². The minimum Gasteiger partial charge on any atom is -0.465 e. The summed E-state index contributed by atoms with van der Waals surface area (Å²) in [6, 6.07) is 2.59. The summed E-state index contributed by atoms with van der Waals surface area (Å²) in [6.07, 6.45) is 0. The van der Waals surface area contributed by atoms with Crippen molar-refractivity contribution in [2.45, 2.75) is 26.2 Å². The first-order chi connectivity index (χ1) is 10.3. The van der Waals surface area contributed by atoms with Gasteiger partial charge in [0.1, 0.15) is 5.82 Å². The predicted octanol–water partition coefficient (Wildman–Crippen LogP) is 2.12. The van der Waals surface area contributed by atoms with Crippen molar-refractivity contribution in [1.29, 1.82) is 0 Å². The van der Waals surface area contributed by atoms with Gasteiger partial charge in [-0.05, 0) is 32.9 Å². The average molecular weight is 313 g/mol. The van der Waals surface area contributed by atoms with Crippen molar-refractivity contribution in [2.24, 2.45) is 0 Å². The molecule has 0 heterocycles. The molecule has 1 aromatic rings. The van der Waals surface area contributed by atoms with E-state index in [9.17, 15) is 24.1 Å². The largest absolute Gasteiger partial charge is 0.465 e. The molecule has 7 nitrogen and oxygen atoms in total. The van der Waals surface area contributed by atoms with Crippen molar-refractivity contribution in [1.82, 2.24) is 0 Å². The minimum atomic E-state index is -2.05. The van der Waals surface area contributed by atoms with E-state index < -0.39 is 33.8 Å². The van der Waals surface area contributed by atoms with Crippen LogP contribution in [-0.4, -0.2) is 30.1 Å². The van der Waals surface area contributed by atoms with Gasteiger partial charge in [-0.15, -0.1) is 0 Å².